The molecular weight excluding hydrogens is 240 g/mol. The molecule has 1 aliphatic rings. The van der Waals surface area contributed by atoms with Gasteiger partial charge >= 0.3 is 5.97 Å². The fraction of sp³-hybridized carbons (Fsp3) is 0.533. The number of likely N-dealkylation sites (tertiary alicyclic amines) is 1. The van der Waals surface area contributed by atoms with Crippen molar-refractivity contribution in [2.75, 3.05) is 20.2 Å². The summed E-state index contributed by atoms with van der Waals surface area (Å²) in [6, 6.07) is 8.21. The molecule has 0 saturated carbocycles. The number of carbonyl (C=O) groups is 1. The van der Waals surface area contributed by atoms with Crippen molar-refractivity contribution in [3.8, 4) is 0 Å². The Kier molecular flexibility index (Phi) is 4.56. The van der Waals surface area contributed by atoms with E-state index in [1.807, 2.05) is 12.1 Å². The lowest BCUT2D eigenvalue weighted by Gasteiger charge is -2.17. The fourth-order valence-corrected chi connectivity index (χ4v) is 2.81. The van der Waals surface area contributed by atoms with Crippen LogP contribution in [0.4, 0.5) is 0 Å². The summed E-state index contributed by atoms with van der Waals surface area (Å²) in [6.45, 7) is 5.22. The van der Waals surface area contributed by atoms with E-state index in [0.717, 1.165) is 19.6 Å². The second-order valence-corrected chi connectivity index (χ2v) is 5.27. The second kappa shape index (κ2) is 6.17. The van der Waals surface area contributed by atoms with Gasteiger partial charge in [-0.1, -0.05) is 31.2 Å². The van der Waals surface area contributed by atoms with Gasteiger partial charge in [0.25, 0.3) is 0 Å². The molecule has 2 unspecified atom stereocenters. The normalized spacial score (nSPS) is 23.5. The van der Waals surface area contributed by atoms with E-state index in [0.29, 0.717) is 12.5 Å². The molecule has 2 rings (SSSR count). The quantitative estimate of drug-likeness (QED) is 0.833. The molecule has 0 aliphatic carbocycles. The van der Waals surface area contributed by atoms with E-state index < -0.39 is 0 Å². The van der Waals surface area contributed by atoms with Crippen LogP contribution in [0, 0.1) is 11.8 Å². The molecule has 1 aromatic carbocycles. The van der Waals surface area contributed by atoms with E-state index in [1.165, 1.54) is 18.2 Å². The first-order chi connectivity index (χ1) is 9.15. The number of nitrogens with two attached hydrogens (primary N) is 1. The predicted octanol–water partition coefficient (Wildman–Crippen LogP) is 1.39. The minimum absolute atomic E-state index is 0.00459. The van der Waals surface area contributed by atoms with Crippen LogP contribution in [0.3, 0.4) is 0 Å². The van der Waals surface area contributed by atoms with Crippen LogP contribution in [0.1, 0.15) is 18.1 Å². The van der Waals surface area contributed by atoms with Crippen LogP contribution in [0.5, 0.6) is 0 Å². The molecule has 1 aromatic rings. The second-order valence-electron chi connectivity index (χ2n) is 5.27. The summed E-state index contributed by atoms with van der Waals surface area (Å²) in [4.78, 5) is 14.0. The SMILES string of the molecule is COC(=O)C1CN(Cc2ccccc2CN)CC1C. The summed E-state index contributed by atoms with van der Waals surface area (Å²) >= 11 is 0. The molecule has 2 atom stereocenters. The maximum Gasteiger partial charge on any atom is 0.310 e. The Hall–Kier alpha value is -1.39. The van der Waals surface area contributed by atoms with Gasteiger partial charge < -0.3 is 10.5 Å². The smallest absolute Gasteiger partial charge is 0.310 e. The number of rotatable bonds is 4. The van der Waals surface area contributed by atoms with Crippen LogP contribution in [0.2, 0.25) is 0 Å². The highest BCUT2D eigenvalue weighted by molar-refractivity contribution is 5.73. The summed E-state index contributed by atoms with van der Waals surface area (Å²) in [5.41, 5.74) is 8.19. The van der Waals surface area contributed by atoms with E-state index in [2.05, 4.69) is 24.0 Å². The highest BCUT2D eigenvalue weighted by atomic mass is 16.5. The maximum atomic E-state index is 11.7. The zero-order valence-electron chi connectivity index (χ0n) is 11.6. The van der Waals surface area contributed by atoms with Gasteiger partial charge in [0.1, 0.15) is 0 Å². The third-order valence-electron chi connectivity index (χ3n) is 3.92. The highest BCUT2D eigenvalue weighted by Crippen LogP contribution is 2.26. The number of esters is 1. The molecule has 1 saturated heterocycles. The summed E-state index contributed by atoms with van der Waals surface area (Å²) in [5, 5.41) is 0. The first-order valence-electron chi connectivity index (χ1n) is 6.72. The number of hydrogen-bond donors (Lipinski definition) is 1. The van der Waals surface area contributed by atoms with Crippen LogP contribution in [-0.2, 0) is 22.6 Å². The molecule has 4 nitrogen and oxygen atoms in total. The number of benzene rings is 1. The lowest BCUT2D eigenvalue weighted by atomic mass is 9.99. The van der Waals surface area contributed by atoms with Gasteiger partial charge in [-0.25, -0.2) is 0 Å². The van der Waals surface area contributed by atoms with Gasteiger partial charge in [0.2, 0.25) is 0 Å². The van der Waals surface area contributed by atoms with Crippen molar-refractivity contribution >= 4 is 5.97 Å². The number of methoxy groups -OCH3 is 1. The van der Waals surface area contributed by atoms with Gasteiger partial charge in [0.05, 0.1) is 13.0 Å². The summed E-state index contributed by atoms with van der Waals surface area (Å²) in [6.07, 6.45) is 0. The molecule has 0 amide bonds. The lowest BCUT2D eigenvalue weighted by Crippen LogP contribution is -2.24. The van der Waals surface area contributed by atoms with E-state index in [4.69, 9.17) is 10.5 Å². The van der Waals surface area contributed by atoms with E-state index >= 15 is 0 Å². The van der Waals surface area contributed by atoms with Crippen LogP contribution < -0.4 is 5.73 Å². The minimum Gasteiger partial charge on any atom is -0.469 e. The van der Waals surface area contributed by atoms with E-state index in [-0.39, 0.29) is 11.9 Å². The lowest BCUT2D eigenvalue weighted by molar-refractivity contribution is -0.146. The molecule has 2 N–H and O–H groups in total. The van der Waals surface area contributed by atoms with Gasteiger partial charge in [-0.3, -0.25) is 9.69 Å². The topological polar surface area (TPSA) is 55.6 Å². The van der Waals surface area contributed by atoms with Crippen molar-refractivity contribution in [2.24, 2.45) is 17.6 Å². The van der Waals surface area contributed by atoms with Crippen molar-refractivity contribution in [1.82, 2.24) is 4.90 Å². The molecule has 1 heterocycles. The zero-order chi connectivity index (χ0) is 13.8. The highest BCUT2D eigenvalue weighted by Gasteiger charge is 2.35. The number of nitrogens with zero attached hydrogens (tertiary/aromatic N) is 1. The summed E-state index contributed by atoms with van der Waals surface area (Å²) < 4.78 is 4.86. The standard InChI is InChI=1S/C15H22N2O2/c1-11-8-17(10-14(11)15(18)19-2)9-13-6-4-3-5-12(13)7-16/h3-6,11,14H,7-10,16H2,1-2H3. The Labute approximate surface area is 114 Å². The molecule has 0 spiro atoms. The van der Waals surface area contributed by atoms with Crippen molar-refractivity contribution in [3.63, 3.8) is 0 Å². The van der Waals surface area contributed by atoms with Crippen LogP contribution >= 0.6 is 0 Å². The monoisotopic (exact) mass is 262 g/mol. The molecule has 0 radical (unpaired) electrons. The fourth-order valence-electron chi connectivity index (χ4n) is 2.81. The van der Waals surface area contributed by atoms with Crippen molar-refractivity contribution in [3.05, 3.63) is 35.4 Å². The van der Waals surface area contributed by atoms with Crippen molar-refractivity contribution in [1.29, 1.82) is 0 Å². The third-order valence-corrected chi connectivity index (χ3v) is 3.92. The van der Waals surface area contributed by atoms with Crippen LogP contribution in [0.15, 0.2) is 24.3 Å². The Bertz CT molecular complexity index is 448. The Balaban J connectivity index is 2.03. The largest absolute Gasteiger partial charge is 0.469 e. The van der Waals surface area contributed by atoms with Gasteiger partial charge in [0.15, 0.2) is 0 Å². The molecule has 19 heavy (non-hydrogen) atoms. The Morgan fingerprint density at radius 3 is 2.68 bits per heavy atom. The first kappa shape index (κ1) is 14.0. The van der Waals surface area contributed by atoms with E-state index in [1.54, 1.807) is 0 Å². The van der Waals surface area contributed by atoms with Gasteiger partial charge in [-0.15, -0.1) is 0 Å². The van der Waals surface area contributed by atoms with Crippen molar-refractivity contribution < 1.29 is 9.53 Å². The molecule has 4 heteroatoms. The van der Waals surface area contributed by atoms with Crippen LogP contribution in [-0.4, -0.2) is 31.1 Å². The zero-order valence-corrected chi connectivity index (χ0v) is 11.6. The Morgan fingerprint density at radius 1 is 1.37 bits per heavy atom. The summed E-state index contributed by atoms with van der Waals surface area (Å²) in [5.74, 6) is 0.245. The number of carbonyl (C=O) groups excluding carboxylic acids is 1. The van der Waals surface area contributed by atoms with Gasteiger partial charge in [-0.2, -0.15) is 0 Å². The van der Waals surface area contributed by atoms with Gasteiger partial charge in [0, 0.05) is 26.2 Å². The van der Waals surface area contributed by atoms with Crippen LogP contribution in [0.25, 0.3) is 0 Å². The first-order valence-corrected chi connectivity index (χ1v) is 6.72. The van der Waals surface area contributed by atoms with E-state index in [9.17, 15) is 4.79 Å². The minimum atomic E-state index is -0.0953. The molecule has 104 valence electrons. The molecule has 1 aliphatic heterocycles. The molecule has 1 fully saturated rings. The average Bonchev–Trinajstić information content (AvgIpc) is 2.79. The molecule has 0 aromatic heterocycles. The maximum absolute atomic E-state index is 11.7. The van der Waals surface area contributed by atoms with Crippen molar-refractivity contribution in [2.45, 2.75) is 20.0 Å². The molecular formula is C15H22N2O2. The number of hydrogen-bond acceptors (Lipinski definition) is 4. The predicted molar refractivity (Wildman–Crippen MR) is 74.3 cm³/mol. The molecule has 0 bridgehead atoms. The van der Waals surface area contributed by atoms with Gasteiger partial charge in [-0.05, 0) is 17.0 Å². The Morgan fingerprint density at radius 2 is 2.05 bits per heavy atom. The average molecular weight is 262 g/mol. The number of ether oxygens (including phenoxy) is 1. The third kappa shape index (κ3) is 3.14. The summed E-state index contributed by atoms with van der Waals surface area (Å²) in [7, 11) is 1.46.